The number of ether oxygens (including phenoxy) is 1. The quantitative estimate of drug-likeness (QED) is 0.857. The first kappa shape index (κ1) is 11.7. The second-order valence-electron chi connectivity index (χ2n) is 4.06. The molecular formula is C11H17N3OS. The topological polar surface area (TPSA) is 61.0 Å². The first-order valence-corrected chi connectivity index (χ1v) is 6.62. The molecule has 5 heteroatoms. The summed E-state index contributed by atoms with van der Waals surface area (Å²) in [6.45, 7) is 1.96. The fraction of sp³-hybridized carbons (Fsp3) is 0.636. The molecule has 1 aromatic heterocycles. The van der Waals surface area contributed by atoms with E-state index in [-0.39, 0.29) is 6.04 Å². The molecule has 1 unspecified atom stereocenters. The van der Waals surface area contributed by atoms with Crippen LogP contribution in [0.15, 0.2) is 0 Å². The van der Waals surface area contributed by atoms with Crippen LogP contribution in [0.5, 0.6) is 5.88 Å². The molecule has 0 saturated carbocycles. The average molecular weight is 239 g/mol. The standard InChI is InChI=1S/C11H17N3OS/c1-7(12)5-10-13-9-6-16-4-3-8(9)11(14-10)15-2/h7H,3-6,12H2,1-2H3. The lowest BCUT2D eigenvalue weighted by atomic mass is 10.1. The van der Waals surface area contributed by atoms with Crippen molar-refractivity contribution in [1.29, 1.82) is 0 Å². The maximum atomic E-state index is 5.77. The van der Waals surface area contributed by atoms with Gasteiger partial charge in [-0.25, -0.2) is 4.98 Å². The summed E-state index contributed by atoms with van der Waals surface area (Å²) in [6, 6.07) is 0.0824. The predicted molar refractivity (Wildman–Crippen MR) is 65.8 cm³/mol. The van der Waals surface area contributed by atoms with E-state index in [2.05, 4.69) is 9.97 Å². The van der Waals surface area contributed by atoms with Crippen molar-refractivity contribution in [3.8, 4) is 5.88 Å². The molecule has 0 spiro atoms. The van der Waals surface area contributed by atoms with Gasteiger partial charge in [-0.2, -0.15) is 16.7 Å². The minimum atomic E-state index is 0.0824. The Hall–Kier alpha value is -0.810. The Kier molecular flexibility index (Phi) is 3.66. The van der Waals surface area contributed by atoms with Gasteiger partial charge >= 0.3 is 0 Å². The fourth-order valence-electron chi connectivity index (χ4n) is 1.82. The van der Waals surface area contributed by atoms with Gasteiger partial charge in [0.05, 0.1) is 12.8 Å². The molecule has 4 nitrogen and oxygen atoms in total. The lowest BCUT2D eigenvalue weighted by Gasteiger charge is -2.18. The van der Waals surface area contributed by atoms with Crippen molar-refractivity contribution in [1.82, 2.24) is 9.97 Å². The Morgan fingerprint density at radius 2 is 2.31 bits per heavy atom. The maximum absolute atomic E-state index is 5.77. The van der Waals surface area contributed by atoms with Gasteiger partial charge in [0.25, 0.3) is 0 Å². The van der Waals surface area contributed by atoms with Gasteiger partial charge in [-0.1, -0.05) is 0 Å². The van der Waals surface area contributed by atoms with E-state index in [0.29, 0.717) is 6.42 Å². The summed E-state index contributed by atoms with van der Waals surface area (Å²) in [5, 5.41) is 0. The Morgan fingerprint density at radius 1 is 1.50 bits per heavy atom. The summed E-state index contributed by atoms with van der Waals surface area (Å²) in [6.07, 6.45) is 1.70. The van der Waals surface area contributed by atoms with Gasteiger partial charge in [-0.3, -0.25) is 0 Å². The highest BCUT2D eigenvalue weighted by Gasteiger charge is 2.18. The molecule has 2 rings (SSSR count). The molecule has 2 N–H and O–H groups in total. The molecule has 0 bridgehead atoms. The van der Waals surface area contributed by atoms with E-state index in [9.17, 15) is 0 Å². The zero-order chi connectivity index (χ0) is 11.5. The number of nitrogens with two attached hydrogens (primary N) is 1. The molecule has 1 aliphatic rings. The van der Waals surface area contributed by atoms with Gasteiger partial charge in [0.1, 0.15) is 5.82 Å². The van der Waals surface area contributed by atoms with Crippen molar-refractivity contribution in [2.45, 2.75) is 31.6 Å². The van der Waals surface area contributed by atoms with Crippen LogP contribution in [0.2, 0.25) is 0 Å². The van der Waals surface area contributed by atoms with Crippen LogP contribution in [0.3, 0.4) is 0 Å². The summed E-state index contributed by atoms with van der Waals surface area (Å²) < 4.78 is 5.33. The molecule has 1 atom stereocenters. The van der Waals surface area contributed by atoms with Gasteiger partial charge in [-0.15, -0.1) is 0 Å². The third kappa shape index (κ3) is 2.47. The minimum absolute atomic E-state index is 0.0824. The minimum Gasteiger partial charge on any atom is -0.481 e. The zero-order valence-electron chi connectivity index (χ0n) is 9.69. The summed E-state index contributed by atoms with van der Waals surface area (Å²) >= 11 is 1.91. The van der Waals surface area contributed by atoms with Crippen LogP contribution in [0.25, 0.3) is 0 Å². The number of hydrogen-bond acceptors (Lipinski definition) is 5. The summed E-state index contributed by atoms with van der Waals surface area (Å²) in [5.74, 6) is 3.62. The third-order valence-corrected chi connectivity index (χ3v) is 3.50. The van der Waals surface area contributed by atoms with Gasteiger partial charge < -0.3 is 10.5 Å². The maximum Gasteiger partial charge on any atom is 0.219 e. The Morgan fingerprint density at radius 3 is 3.00 bits per heavy atom. The Labute approximate surface area is 100.0 Å². The highest BCUT2D eigenvalue weighted by molar-refractivity contribution is 7.98. The van der Waals surface area contributed by atoms with Crippen molar-refractivity contribution in [3.63, 3.8) is 0 Å². The highest BCUT2D eigenvalue weighted by atomic mass is 32.2. The first-order chi connectivity index (χ1) is 7.70. The molecule has 0 amide bonds. The van der Waals surface area contributed by atoms with Gasteiger partial charge in [0, 0.05) is 23.8 Å². The van der Waals surface area contributed by atoms with E-state index in [1.807, 2.05) is 18.7 Å². The molecule has 0 aromatic carbocycles. The number of thioether (sulfide) groups is 1. The SMILES string of the molecule is COc1nc(CC(C)N)nc2c1CCSC2. The predicted octanol–water partition coefficient (Wildman–Crippen LogP) is 1.16. The number of aromatic nitrogens is 2. The molecule has 0 fully saturated rings. The van der Waals surface area contributed by atoms with Crippen LogP contribution in [-0.4, -0.2) is 28.9 Å². The molecule has 0 saturated heterocycles. The van der Waals surface area contributed by atoms with Crippen molar-refractivity contribution in [2.24, 2.45) is 5.73 Å². The number of hydrogen-bond donors (Lipinski definition) is 1. The summed E-state index contributed by atoms with van der Waals surface area (Å²) in [5.41, 5.74) is 8.07. The zero-order valence-corrected chi connectivity index (χ0v) is 10.5. The monoisotopic (exact) mass is 239 g/mol. The molecule has 1 aliphatic heterocycles. The normalized spacial score (nSPS) is 16.7. The van der Waals surface area contributed by atoms with Crippen molar-refractivity contribution in [3.05, 3.63) is 17.1 Å². The Balaban J connectivity index is 2.35. The first-order valence-electron chi connectivity index (χ1n) is 5.46. The number of fused-ring (bicyclic) bond motifs is 1. The van der Waals surface area contributed by atoms with E-state index in [1.54, 1.807) is 7.11 Å². The van der Waals surface area contributed by atoms with Crippen LogP contribution in [0.4, 0.5) is 0 Å². The molecule has 1 aromatic rings. The van der Waals surface area contributed by atoms with Crippen LogP contribution < -0.4 is 10.5 Å². The van der Waals surface area contributed by atoms with Gasteiger partial charge in [0.15, 0.2) is 0 Å². The van der Waals surface area contributed by atoms with Crippen LogP contribution in [0.1, 0.15) is 24.0 Å². The smallest absolute Gasteiger partial charge is 0.219 e. The van der Waals surface area contributed by atoms with Crippen molar-refractivity contribution < 1.29 is 4.74 Å². The van der Waals surface area contributed by atoms with E-state index in [4.69, 9.17) is 10.5 Å². The average Bonchev–Trinajstić information content (AvgIpc) is 2.27. The van der Waals surface area contributed by atoms with Crippen LogP contribution >= 0.6 is 11.8 Å². The largest absolute Gasteiger partial charge is 0.481 e. The fourth-order valence-corrected chi connectivity index (χ4v) is 2.74. The molecule has 16 heavy (non-hydrogen) atoms. The molecule has 2 heterocycles. The number of nitrogens with zero attached hydrogens (tertiary/aromatic N) is 2. The highest BCUT2D eigenvalue weighted by Crippen LogP contribution is 2.28. The molecule has 88 valence electrons. The van der Waals surface area contributed by atoms with Crippen LogP contribution in [0, 0.1) is 0 Å². The lowest BCUT2D eigenvalue weighted by molar-refractivity contribution is 0.388. The number of rotatable bonds is 3. The molecule has 0 radical (unpaired) electrons. The molecule has 0 aliphatic carbocycles. The van der Waals surface area contributed by atoms with Gasteiger partial charge in [-0.05, 0) is 19.1 Å². The van der Waals surface area contributed by atoms with Crippen molar-refractivity contribution in [2.75, 3.05) is 12.9 Å². The summed E-state index contributed by atoms with van der Waals surface area (Å²) in [7, 11) is 1.67. The second-order valence-corrected chi connectivity index (χ2v) is 5.16. The van der Waals surface area contributed by atoms with Gasteiger partial charge in [0.2, 0.25) is 5.88 Å². The van der Waals surface area contributed by atoms with Crippen molar-refractivity contribution >= 4 is 11.8 Å². The number of methoxy groups -OCH3 is 1. The molecular weight excluding hydrogens is 222 g/mol. The van der Waals surface area contributed by atoms with Crippen LogP contribution in [-0.2, 0) is 18.6 Å². The third-order valence-electron chi connectivity index (χ3n) is 2.53. The van der Waals surface area contributed by atoms with E-state index in [0.717, 1.165) is 35.3 Å². The van der Waals surface area contributed by atoms with E-state index >= 15 is 0 Å². The lowest BCUT2D eigenvalue weighted by Crippen LogP contribution is -2.21. The van der Waals surface area contributed by atoms with E-state index in [1.165, 1.54) is 5.56 Å². The Bertz CT molecular complexity index is 364. The van der Waals surface area contributed by atoms with E-state index < -0.39 is 0 Å². The second kappa shape index (κ2) is 5.01. The summed E-state index contributed by atoms with van der Waals surface area (Å²) in [4.78, 5) is 8.99.